The summed E-state index contributed by atoms with van der Waals surface area (Å²) < 4.78 is 38.9. The molecule has 1 atom stereocenters. The molecular weight excluding hydrogens is 255 g/mol. The number of nitriles is 1. The number of nitrogens with zero attached hydrogens (tertiary/aromatic N) is 2. The largest absolute Gasteiger partial charge is 0.418 e. The maximum absolute atomic E-state index is 13.0. The average Bonchev–Trinajstić information content (AvgIpc) is 2.74. The average molecular weight is 269 g/mol. The van der Waals surface area contributed by atoms with E-state index in [0.717, 1.165) is 25.6 Å². The minimum Gasteiger partial charge on any atom is -0.380 e. The van der Waals surface area contributed by atoms with Crippen molar-refractivity contribution < 1.29 is 13.2 Å². The van der Waals surface area contributed by atoms with Gasteiger partial charge in [0.05, 0.1) is 17.2 Å². The highest BCUT2D eigenvalue weighted by Gasteiger charge is 2.34. The number of hydrogen-bond acceptors (Lipinski definition) is 3. The summed E-state index contributed by atoms with van der Waals surface area (Å²) in [6.45, 7) is 1.59. The molecular formula is C13H14F3N3. The Bertz CT molecular complexity index is 505. The molecule has 1 heterocycles. The predicted octanol–water partition coefficient (Wildman–Crippen LogP) is 2.69. The fourth-order valence-electron chi connectivity index (χ4n) is 2.25. The number of likely N-dealkylation sites (N-methyl/N-ethyl adjacent to an activating group) is 1. The first kappa shape index (κ1) is 13.7. The zero-order valence-corrected chi connectivity index (χ0v) is 10.5. The Kier molecular flexibility index (Phi) is 3.67. The highest BCUT2D eigenvalue weighted by Crippen LogP contribution is 2.36. The molecule has 1 aromatic carbocycles. The van der Waals surface area contributed by atoms with Crippen LogP contribution >= 0.6 is 0 Å². The van der Waals surface area contributed by atoms with Crippen LogP contribution in [0.1, 0.15) is 17.5 Å². The highest BCUT2D eigenvalue weighted by atomic mass is 19.4. The van der Waals surface area contributed by atoms with Crippen LogP contribution in [-0.2, 0) is 6.18 Å². The molecule has 1 aliphatic rings. The molecule has 19 heavy (non-hydrogen) atoms. The van der Waals surface area contributed by atoms with E-state index in [2.05, 4.69) is 10.2 Å². The van der Waals surface area contributed by atoms with Crippen LogP contribution in [0.5, 0.6) is 0 Å². The first-order valence-corrected chi connectivity index (χ1v) is 5.96. The lowest BCUT2D eigenvalue weighted by atomic mass is 10.1. The lowest BCUT2D eigenvalue weighted by Crippen LogP contribution is -2.25. The maximum atomic E-state index is 13.0. The van der Waals surface area contributed by atoms with Gasteiger partial charge in [-0.05, 0) is 38.2 Å². The number of hydrogen-bond donors (Lipinski definition) is 1. The zero-order chi connectivity index (χ0) is 14.0. The Morgan fingerprint density at radius 3 is 2.68 bits per heavy atom. The van der Waals surface area contributed by atoms with Gasteiger partial charge in [0, 0.05) is 18.3 Å². The second-order valence-electron chi connectivity index (χ2n) is 4.76. The summed E-state index contributed by atoms with van der Waals surface area (Å²) in [6.07, 6.45) is -3.65. The molecule has 0 bridgehead atoms. The molecule has 1 N–H and O–H groups in total. The van der Waals surface area contributed by atoms with Crippen LogP contribution in [0.25, 0.3) is 0 Å². The summed E-state index contributed by atoms with van der Waals surface area (Å²) in [5.74, 6) is 0. The number of benzene rings is 1. The number of likely N-dealkylation sites (tertiary alicyclic amines) is 1. The molecule has 102 valence electrons. The standard InChI is InChI=1S/C13H14F3N3/c1-19-5-4-10(8-19)18-12-3-2-9(7-17)6-11(12)13(14,15)16/h2-3,6,10,18H,4-5,8H2,1H3. The van der Waals surface area contributed by atoms with Crippen LogP contribution < -0.4 is 5.32 Å². The second kappa shape index (κ2) is 5.10. The highest BCUT2D eigenvalue weighted by molar-refractivity contribution is 5.56. The molecule has 3 nitrogen and oxygen atoms in total. The SMILES string of the molecule is CN1CCC(Nc2ccc(C#N)cc2C(F)(F)F)C1. The van der Waals surface area contributed by atoms with Gasteiger partial charge in [0.15, 0.2) is 0 Å². The van der Waals surface area contributed by atoms with Gasteiger partial charge in [0.2, 0.25) is 0 Å². The Hall–Kier alpha value is -1.74. The van der Waals surface area contributed by atoms with Crippen LogP contribution in [0.4, 0.5) is 18.9 Å². The van der Waals surface area contributed by atoms with Crippen molar-refractivity contribution in [3.63, 3.8) is 0 Å². The quantitative estimate of drug-likeness (QED) is 0.897. The van der Waals surface area contributed by atoms with Crippen LogP contribution in [0.2, 0.25) is 0 Å². The van der Waals surface area contributed by atoms with Crippen LogP contribution in [-0.4, -0.2) is 31.1 Å². The van der Waals surface area contributed by atoms with E-state index >= 15 is 0 Å². The summed E-state index contributed by atoms with van der Waals surface area (Å²) in [5.41, 5.74) is -0.714. The third kappa shape index (κ3) is 3.18. The number of alkyl halides is 3. The molecule has 1 fully saturated rings. The van der Waals surface area contributed by atoms with Gasteiger partial charge in [0.1, 0.15) is 0 Å². The molecule has 1 aromatic rings. The van der Waals surface area contributed by atoms with Crippen molar-refractivity contribution in [1.29, 1.82) is 5.26 Å². The molecule has 0 saturated carbocycles. The van der Waals surface area contributed by atoms with Gasteiger partial charge in [-0.15, -0.1) is 0 Å². The maximum Gasteiger partial charge on any atom is 0.418 e. The zero-order valence-electron chi connectivity index (χ0n) is 10.5. The second-order valence-corrected chi connectivity index (χ2v) is 4.76. The van der Waals surface area contributed by atoms with Gasteiger partial charge in [-0.25, -0.2) is 0 Å². The first-order valence-electron chi connectivity index (χ1n) is 5.96. The van der Waals surface area contributed by atoms with E-state index in [0.29, 0.717) is 0 Å². The van der Waals surface area contributed by atoms with E-state index < -0.39 is 11.7 Å². The van der Waals surface area contributed by atoms with E-state index in [1.165, 1.54) is 12.1 Å². The first-order chi connectivity index (χ1) is 8.90. The fourth-order valence-corrected chi connectivity index (χ4v) is 2.25. The lowest BCUT2D eigenvalue weighted by molar-refractivity contribution is -0.137. The number of rotatable bonds is 2. The van der Waals surface area contributed by atoms with Crippen molar-refractivity contribution in [3.8, 4) is 6.07 Å². The van der Waals surface area contributed by atoms with Crippen molar-refractivity contribution in [1.82, 2.24) is 4.90 Å². The minimum absolute atomic E-state index is 0.0130. The topological polar surface area (TPSA) is 39.1 Å². The Balaban J connectivity index is 2.27. The predicted molar refractivity (Wildman–Crippen MR) is 65.7 cm³/mol. The minimum atomic E-state index is -4.46. The number of halogens is 3. The van der Waals surface area contributed by atoms with E-state index in [1.54, 1.807) is 6.07 Å². The van der Waals surface area contributed by atoms with Crippen molar-refractivity contribution in [2.45, 2.75) is 18.6 Å². The smallest absolute Gasteiger partial charge is 0.380 e. The molecule has 6 heteroatoms. The van der Waals surface area contributed by atoms with Crippen LogP contribution in [0.3, 0.4) is 0 Å². The third-order valence-corrected chi connectivity index (χ3v) is 3.21. The monoisotopic (exact) mass is 269 g/mol. The van der Waals surface area contributed by atoms with Crippen LogP contribution in [0.15, 0.2) is 18.2 Å². The fraction of sp³-hybridized carbons (Fsp3) is 0.462. The molecule has 1 aliphatic heterocycles. The van der Waals surface area contributed by atoms with Crippen molar-refractivity contribution in [2.75, 3.05) is 25.5 Å². The van der Waals surface area contributed by atoms with Gasteiger partial charge < -0.3 is 10.2 Å². The van der Waals surface area contributed by atoms with Crippen LogP contribution in [0, 0.1) is 11.3 Å². The van der Waals surface area contributed by atoms with Gasteiger partial charge in [-0.2, -0.15) is 18.4 Å². The summed E-state index contributed by atoms with van der Waals surface area (Å²) in [4.78, 5) is 2.06. The molecule has 1 saturated heterocycles. The molecule has 0 aromatic heterocycles. The van der Waals surface area contributed by atoms with Gasteiger partial charge >= 0.3 is 6.18 Å². The van der Waals surface area contributed by atoms with Crippen molar-refractivity contribution >= 4 is 5.69 Å². The Morgan fingerprint density at radius 1 is 1.42 bits per heavy atom. The third-order valence-electron chi connectivity index (χ3n) is 3.21. The summed E-state index contributed by atoms with van der Waals surface area (Å²) >= 11 is 0. The molecule has 0 spiro atoms. The Morgan fingerprint density at radius 2 is 2.16 bits per heavy atom. The van der Waals surface area contributed by atoms with Crippen molar-refractivity contribution in [2.24, 2.45) is 0 Å². The van der Waals surface area contributed by atoms with Gasteiger partial charge in [0.25, 0.3) is 0 Å². The molecule has 0 aliphatic carbocycles. The normalized spacial score (nSPS) is 20.3. The van der Waals surface area contributed by atoms with E-state index in [9.17, 15) is 13.2 Å². The van der Waals surface area contributed by atoms with E-state index in [1.807, 2.05) is 7.05 Å². The van der Waals surface area contributed by atoms with Crippen molar-refractivity contribution in [3.05, 3.63) is 29.3 Å². The number of nitrogens with one attached hydrogen (secondary N) is 1. The molecule has 0 amide bonds. The summed E-state index contributed by atoms with van der Waals surface area (Å²) in [6, 6.07) is 5.37. The number of anilines is 1. The van der Waals surface area contributed by atoms with Gasteiger partial charge in [-0.1, -0.05) is 0 Å². The molecule has 0 radical (unpaired) electrons. The van der Waals surface area contributed by atoms with E-state index in [-0.39, 0.29) is 17.3 Å². The summed E-state index contributed by atoms with van der Waals surface area (Å²) in [7, 11) is 1.94. The molecule has 2 rings (SSSR count). The lowest BCUT2D eigenvalue weighted by Gasteiger charge is -2.19. The molecule has 1 unspecified atom stereocenters. The summed E-state index contributed by atoms with van der Waals surface area (Å²) in [5, 5.41) is 11.6. The van der Waals surface area contributed by atoms with Gasteiger partial charge in [-0.3, -0.25) is 0 Å². The van der Waals surface area contributed by atoms with E-state index in [4.69, 9.17) is 5.26 Å². The Labute approximate surface area is 109 Å².